The average Bonchev–Trinajstić information content (AvgIpc) is 3.47. The summed E-state index contributed by atoms with van der Waals surface area (Å²) in [7, 11) is 0. The summed E-state index contributed by atoms with van der Waals surface area (Å²) in [5, 5.41) is 2.06. The highest BCUT2D eigenvalue weighted by molar-refractivity contribution is 7.10. The molecule has 5 nitrogen and oxygen atoms in total. The molecule has 34 heavy (non-hydrogen) atoms. The molecular formula is C27H20N2O3S2. The minimum absolute atomic E-state index is 0.0309. The fourth-order valence-electron chi connectivity index (χ4n) is 4.67. The van der Waals surface area contributed by atoms with E-state index in [4.69, 9.17) is 9.73 Å². The zero-order valence-electron chi connectivity index (χ0n) is 18.4. The van der Waals surface area contributed by atoms with Crippen LogP contribution in [0.25, 0.3) is 11.8 Å². The van der Waals surface area contributed by atoms with Gasteiger partial charge < -0.3 is 4.74 Å². The van der Waals surface area contributed by atoms with Crippen LogP contribution in [0.1, 0.15) is 41.0 Å². The zero-order chi connectivity index (χ0) is 23.2. The second-order valence-electron chi connectivity index (χ2n) is 8.29. The lowest BCUT2D eigenvalue weighted by atomic mass is 9.85. The van der Waals surface area contributed by atoms with E-state index in [9.17, 15) is 9.59 Å². The number of nitrogens with zero attached hydrogens (tertiary/aromatic N) is 2. The van der Waals surface area contributed by atoms with Gasteiger partial charge in [0, 0.05) is 17.4 Å². The molecule has 0 saturated carbocycles. The van der Waals surface area contributed by atoms with Crippen LogP contribution >= 0.6 is 22.7 Å². The van der Waals surface area contributed by atoms with Crippen LogP contribution < -0.4 is 19.6 Å². The Bertz CT molecular complexity index is 1620. The summed E-state index contributed by atoms with van der Waals surface area (Å²) in [5.74, 6) is 0.121. The molecule has 2 aromatic carbocycles. The van der Waals surface area contributed by atoms with Gasteiger partial charge in [-0.3, -0.25) is 14.2 Å². The van der Waals surface area contributed by atoms with E-state index in [0.717, 1.165) is 33.8 Å². The minimum atomic E-state index is -0.361. The lowest BCUT2D eigenvalue weighted by Gasteiger charge is -2.30. The number of rotatable bonds is 3. The van der Waals surface area contributed by atoms with Crippen molar-refractivity contribution in [3.05, 3.63) is 113 Å². The first-order valence-electron chi connectivity index (χ1n) is 11.0. The van der Waals surface area contributed by atoms with Gasteiger partial charge in [0.15, 0.2) is 4.80 Å². The maximum Gasteiger partial charge on any atom is 0.308 e. The number of thiophene rings is 1. The first-order chi connectivity index (χ1) is 16.6. The zero-order valence-corrected chi connectivity index (χ0v) is 20.0. The molecule has 1 aliphatic heterocycles. The predicted octanol–water partition coefficient (Wildman–Crippen LogP) is 4.31. The molecule has 6 rings (SSSR count). The van der Waals surface area contributed by atoms with Crippen molar-refractivity contribution in [2.75, 3.05) is 0 Å². The smallest absolute Gasteiger partial charge is 0.308 e. The molecular weight excluding hydrogens is 464 g/mol. The highest BCUT2D eigenvalue weighted by Gasteiger charge is 2.32. The lowest BCUT2D eigenvalue weighted by molar-refractivity contribution is -0.131. The largest absolute Gasteiger partial charge is 0.427 e. The number of thiazole rings is 1. The van der Waals surface area contributed by atoms with Crippen molar-refractivity contribution in [2.45, 2.75) is 25.8 Å². The maximum absolute atomic E-state index is 13.7. The molecule has 0 spiro atoms. The first-order valence-corrected chi connectivity index (χ1v) is 12.7. The van der Waals surface area contributed by atoms with Crippen LogP contribution in [0.2, 0.25) is 0 Å². The molecule has 0 amide bonds. The number of allylic oxidation sites excluding steroid dienone is 1. The van der Waals surface area contributed by atoms with Crippen molar-refractivity contribution < 1.29 is 9.53 Å². The fraction of sp³-hybridized carbons (Fsp3) is 0.148. The molecule has 0 fully saturated rings. The molecule has 1 aliphatic carbocycles. The summed E-state index contributed by atoms with van der Waals surface area (Å²) in [6.45, 7) is 1.37. The maximum atomic E-state index is 13.7. The Labute approximate surface area is 203 Å². The number of aromatic nitrogens is 1. The molecule has 4 aromatic rings. The summed E-state index contributed by atoms with van der Waals surface area (Å²) in [4.78, 5) is 31.7. The minimum Gasteiger partial charge on any atom is -0.427 e. The highest BCUT2D eigenvalue weighted by Crippen LogP contribution is 2.42. The Hall–Kier alpha value is -3.55. The van der Waals surface area contributed by atoms with Crippen LogP contribution in [0.3, 0.4) is 0 Å². The number of carbonyl (C=O) groups excluding carboxylic acids is 1. The molecule has 2 aromatic heterocycles. The third kappa shape index (κ3) is 3.57. The van der Waals surface area contributed by atoms with E-state index in [2.05, 4.69) is 35.7 Å². The highest BCUT2D eigenvalue weighted by atomic mass is 32.1. The van der Waals surface area contributed by atoms with Gasteiger partial charge in [0.25, 0.3) is 5.56 Å². The Morgan fingerprint density at radius 2 is 1.91 bits per heavy atom. The predicted molar refractivity (Wildman–Crippen MR) is 135 cm³/mol. The lowest BCUT2D eigenvalue weighted by Crippen LogP contribution is -2.38. The van der Waals surface area contributed by atoms with Gasteiger partial charge in [-0.1, -0.05) is 53.8 Å². The molecule has 0 N–H and O–H groups in total. The van der Waals surface area contributed by atoms with E-state index in [1.807, 2.05) is 28.8 Å². The number of ether oxygens (including phenoxy) is 1. The van der Waals surface area contributed by atoms with Crippen LogP contribution in [-0.2, 0) is 11.2 Å². The molecule has 168 valence electrons. The van der Waals surface area contributed by atoms with Crippen molar-refractivity contribution in [1.29, 1.82) is 0 Å². The van der Waals surface area contributed by atoms with Gasteiger partial charge in [0.05, 0.1) is 16.3 Å². The van der Waals surface area contributed by atoms with Crippen LogP contribution in [0.15, 0.2) is 81.4 Å². The van der Waals surface area contributed by atoms with Crippen molar-refractivity contribution in [3.8, 4) is 5.75 Å². The number of esters is 1. The average molecular weight is 485 g/mol. The molecule has 7 heteroatoms. The second kappa shape index (κ2) is 8.34. The quantitative estimate of drug-likeness (QED) is 0.322. The molecule has 0 radical (unpaired) electrons. The van der Waals surface area contributed by atoms with E-state index < -0.39 is 0 Å². The van der Waals surface area contributed by atoms with Gasteiger partial charge >= 0.3 is 5.97 Å². The fourth-order valence-corrected chi connectivity index (χ4v) is 6.52. The molecule has 2 aliphatic rings. The molecule has 0 saturated heterocycles. The number of carbonyl (C=O) groups is 1. The van der Waals surface area contributed by atoms with E-state index in [-0.39, 0.29) is 17.6 Å². The molecule has 1 atom stereocenters. The van der Waals surface area contributed by atoms with Gasteiger partial charge in [0.2, 0.25) is 0 Å². The Balaban J connectivity index is 1.52. The van der Waals surface area contributed by atoms with Gasteiger partial charge in [0.1, 0.15) is 5.75 Å². The summed E-state index contributed by atoms with van der Waals surface area (Å²) in [5.41, 5.74) is 5.54. The van der Waals surface area contributed by atoms with Crippen molar-refractivity contribution in [3.63, 3.8) is 0 Å². The van der Waals surface area contributed by atoms with Crippen molar-refractivity contribution in [2.24, 2.45) is 4.99 Å². The topological polar surface area (TPSA) is 60.7 Å². The SMILES string of the molecule is CC(=O)Oc1ccc(/C=c2/sc3n(c2=O)[C@H](c2cccs2)C2=C(N=3)c3ccccc3CC2)cc1. The third-order valence-electron chi connectivity index (χ3n) is 6.13. The summed E-state index contributed by atoms with van der Waals surface area (Å²) in [6.07, 6.45) is 3.72. The number of hydrogen-bond donors (Lipinski definition) is 0. The Morgan fingerprint density at radius 3 is 2.68 bits per heavy atom. The Kier molecular flexibility index (Phi) is 5.16. The van der Waals surface area contributed by atoms with Gasteiger partial charge in [-0.15, -0.1) is 11.3 Å². The van der Waals surface area contributed by atoms with E-state index in [1.54, 1.807) is 23.5 Å². The number of fused-ring (bicyclic) bond motifs is 3. The monoisotopic (exact) mass is 484 g/mol. The van der Waals surface area contributed by atoms with Crippen LogP contribution in [0.4, 0.5) is 0 Å². The van der Waals surface area contributed by atoms with Crippen LogP contribution in [0, 0.1) is 0 Å². The standard InChI is InChI=1S/C27H20N2O3S2/c1-16(30)32-19-11-8-17(9-12-19)15-23-26(31)29-25(22-7-4-14-33-22)21-13-10-18-5-2-3-6-20(18)24(21)28-27(29)34-23/h2-9,11-12,14-15,25H,10,13H2,1H3/b23-15+/t25-/m0/s1. The summed E-state index contributed by atoms with van der Waals surface area (Å²) >= 11 is 3.09. The van der Waals surface area contributed by atoms with E-state index in [0.29, 0.717) is 10.3 Å². The molecule has 3 heterocycles. The normalized spacial score (nSPS) is 17.0. The summed E-state index contributed by atoms with van der Waals surface area (Å²) < 4.78 is 7.61. The van der Waals surface area contributed by atoms with Crippen molar-refractivity contribution in [1.82, 2.24) is 4.57 Å². The van der Waals surface area contributed by atoms with E-state index >= 15 is 0 Å². The van der Waals surface area contributed by atoms with Gasteiger partial charge in [-0.25, -0.2) is 4.99 Å². The van der Waals surface area contributed by atoms with Gasteiger partial charge in [-0.05, 0) is 59.2 Å². The Morgan fingerprint density at radius 1 is 1.09 bits per heavy atom. The molecule has 0 bridgehead atoms. The second-order valence-corrected chi connectivity index (χ2v) is 10.3. The number of aryl methyl sites for hydroxylation is 1. The van der Waals surface area contributed by atoms with Crippen LogP contribution in [-0.4, -0.2) is 10.5 Å². The number of benzene rings is 2. The van der Waals surface area contributed by atoms with Gasteiger partial charge in [-0.2, -0.15) is 0 Å². The first kappa shape index (κ1) is 21.0. The van der Waals surface area contributed by atoms with Crippen LogP contribution in [0.5, 0.6) is 5.75 Å². The van der Waals surface area contributed by atoms with Crippen molar-refractivity contribution >= 4 is 40.4 Å². The summed E-state index contributed by atoms with van der Waals surface area (Å²) in [6, 6.07) is 19.6. The van der Waals surface area contributed by atoms with E-state index in [1.165, 1.54) is 35.0 Å². The number of hydrogen-bond acceptors (Lipinski definition) is 6. The molecule has 0 unspecified atom stereocenters. The third-order valence-corrected chi connectivity index (χ3v) is 8.03.